The molecular formula is C34H30ClN3O6. The summed E-state index contributed by atoms with van der Waals surface area (Å²) >= 11 is 6.09. The van der Waals surface area contributed by atoms with Crippen molar-refractivity contribution in [1.82, 2.24) is 9.97 Å². The standard InChI is InChI=1S/C34H30ClN3O6/c1-5-29(33(39)38-28-19-23(35)11-17-30(28)43-4)44-34(40)22-10-16-26-27(18-22)37-32(21-8-14-25(42-3)15-9-21)31(36-26)20-6-12-24(41-2)13-7-20/h6-19,29H,5H2,1-4H3,(H,38,39). The smallest absolute Gasteiger partial charge is 0.338 e. The van der Waals surface area contributed by atoms with E-state index in [9.17, 15) is 9.59 Å². The van der Waals surface area contributed by atoms with Crippen LogP contribution in [0, 0.1) is 0 Å². The molecule has 10 heteroatoms. The molecule has 0 fully saturated rings. The lowest BCUT2D eigenvalue weighted by Gasteiger charge is -2.17. The van der Waals surface area contributed by atoms with Crippen LogP contribution in [0.15, 0.2) is 84.9 Å². The predicted octanol–water partition coefficient (Wildman–Crippen LogP) is 7.22. The van der Waals surface area contributed by atoms with Crippen LogP contribution in [-0.4, -0.2) is 49.3 Å². The molecule has 224 valence electrons. The second kappa shape index (κ2) is 13.4. The van der Waals surface area contributed by atoms with Crippen molar-refractivity contribution in [1.29, 1.82) is 0 Å². The Morgan fingerprint density at radius 3 is 1.89 bits per heavy atom. The monoisotopic (exact) mass is 611 g/mol. The lowest BCUT2D eigenvalue weighted by Crippen LogP contribution is -2.32. The number of halogens is 1. The number of aromatic nitrogens is 2. The van der Waals surface area contributed by atoms with Crippen molar-refractivity contribution in [2.45, 2.75) is 19.4 Å². The van der Waals surface area contributed by atoms with Crippen molar-refractivity contribution in [3.63, 3.8) is 0 Å². The van der Waals surface area contributed by atoms with Crippen molar-refractivity contribution in [3.8, 4) is 39.8 Å². The van der Waals surface area contributed by atoms with Crippen molar-refractivity contribution >= 4 is 40.2 Å². The summed E-state index contributed by atoms with van der Waals surface area (Å²) in [6.45, 7) is 1.75. The van der Waals surface area contributed by atoms with Crippen LogP contribution in [-0.2, 0) is 9.53 Å². The number of carbonyl (C=O) groups is 2. The molecule has 1 aromatic heterocycles. The number of nitrogens with zero attached hydrogens (tertiary/aromatic N) is 2. The third kappa shape index (κ3) is 6.58. The molecule has 1 heterocycles. The summed E-state index contributed by atoms with van der Waals surface area (Å²) in [4.78, 5) is 36.1. The minimum atomic E-state index is -1.06. The first kappa shape index (κ1) is 30.3. The molecule has 0 aliphatic heterocycles. The predicted molar refractivity (Wildman–Crippen MR) is 170 cm³/mol. The van der Waals surface area contributed by atoms with Gasteiger partial charge in [-0.25, -0.2) is 14.8 Å². The third-order valence-corrected chi connectivity index (χ3v) is 7.19. The average molecular weight is 612 g/mol. The fourth-order valence-corrected chi connectivity index (χ4v) is 4.76. The van der Waals surface area contributed by atoms with Gasteiger partial charge in [0.05, 0.1) is 55.0 Å². The lowest BCUT2D eigenvalue weighted by atomic mass is 10.0. The molecule has 9 nitrogen and oxygen atoms in total. The fraction of sp³-hybridized carbons (Fsp3) is 0.176. The zero-order valence-corrected chi connectivity index (χ0v) is 25.3. The van der Waals surface area contributed by atoms with E-state index in [1.165, 1.54) is 7.11 Å². The van der Waals surface area contributed by atoms with Crippen LogP contribution in [0.1, 0.15) is 23.7 Å². The number of anilines is 1. The quantitative estimate of drug-likeness (QED) is 0.165. The highest BCUT2D eigenvalue weighted by atomic mass is 35.5. The number of amides is 1. The molecular weight excluding hydrogens is 582 g/mol. The number of esters is 1. The highest BCUT2D eigenvalue weighted by Crippen LogP contribution is 2.33. The van der Waals surface area contributed by atoms with Crippen LogP contribution in [0.2, 0.25) is 5.02 Å². The number of fused-ring (bicyclic) bond motifs is 1. The van der Waals surface area contributed by atoms with Gasteiger partial charge in [-0.05, 0) is 91.3 Å². The Labute approximate surface area is 259 Å². The number of carbonyl (C=O) groups excluding carboxylic acids is 2. The molecule has 5 aromatic rings. The molecule has 0 saturated carbocycles. The number of methoxy groups -OCH3 is 3. The summed E-state index contributed by atoms with van der Waals surface area (Å²) in [5.41, 5.74) is 4.64. The summed E-state index contributed by atoms with van der Waals surface area (Å²) in [5, 5.41) is 3.16. The van der Waals surface area contributed by atoms with Gasteiger partial charge in [0.1, 0.15) is 17.2 Å². The summed E-state index contributed by atoms with van der Waals surface area (Å²) in [5.74, 6) is 0.690. The molecule has 0 saturated heterocycles. The third-order valence-electron chi connectivity index (χ3n) is 6.96. The van der Waals surface area contributed by atoms with Gasteiger partial charge in [-0.2, -0.15) is 0 Å². The first-order valence-electron chi connectivity index (χ1n) is 13.8. The SMILES string of the molecule is CCC(OC(=O)c1ccc2nc(-c3ccc(OC)cc3)c(-c3ccc(OC)cc3)nc2c1)C(=O)Nc1cc(Cl)ccc1OC. The fourth-order valence-electron chi connectivity index (χ4n) is 4.59. The van der Waals surface area contributed by atoms with Gasteiger partial charge in [0.15, 0.2) is 6.10 Å². The molecule has 0 radical (unpaired) electrons. The highest BCUT2D eigenvalue weighted by Gasteiger charge is 2.24. The van der Waals surface area contributed by atoms with E-state index in [1.807, 2.05) is 48.5 Å². The summed E-state index contributed by atoms with van der Waals surface area (Å²) in [7, 11) is 4.70. The van der Waals surface area contributed by atoms with Gasteiger partial charge in [0.25, 0.3) is 5.91 Å². The Balaban J connectivity index is 1.46. The molecule has 0 bridgehead atoms. The van der Waals surface area contributed by atoms with E-state index < -0.39 is 18.0 Å². The zero-order chi connectivity index (χ0) is 31.2. The van der Waals surface area contributed by atoms with Crippen LogP contribution in [0.4, 0.5) is 5.69 Å². The van der Waals surface area contributed by atoms with Crippen LogP contribution >= 0.6 is 11.6 Å². The van der Waals surface area contributed by atoms with E-state index in [0.29, 0.717) is 44.6 Å². The van der Waals surface area contributed by atoms with E-state index in [-0.39, 0.29) is 12.0 Å². The second-order valence-electron chi connectivity index (χ2n) is 9.72. The molecule has 1 unspecified atom stereocenters. The largest absolute Gasteiger partial charge is 0.497 e. The van der Waals surface area contributed by atoms with Crippen molar-refractivity contribution < 1.29 is 28.5 Å². The second-order valence-corrected chi connectivity index (χ2v) is 10.2. The number of rotatable bonds is 10. The summed E-state index contributed by atoms with van der Waals surface area (Å²) in [6, 6.07) is 24.8. The average Bonchev–Trinajstić information content (AvgIpc) is 3.06. The highest BCUT2D eigenvalue weighted by molar-refractivity contribution is 6.31. The molecule has 1 atom stereocenters. The first-order chi connectivity index (χ1) is 21.3. The normalized spacial score (nSPS) is 11.5. The molecule has 44 heavy (non-hydrogen) atoms. The lowest BCUT2D eigenvalue weighted by molar-refractivity contribution is -0.124. The topological polar surface area (TPSA) is 109 Å². The maximum Gasteiger partial charge on any atom is 0.338 e. The Kier molecular flexibility index (Phi) is 9.26. The van der Waals surface area contributed by atoms with E-state index in [1.54, 1.807) is 57.5 Å². The molecule has 1 amide bonds. The van der Waals surface area contributed by atoms with Crippen LogP contribution in [0.5, 0.6) is 17.2 Å². The van der Waals surface area contributed by atoms with Gasteiger partial charge in [-0.3, -0.25) is 4.79 Å². The zero-order valence-electron chi connectivity index (χ0n) is 24.6. The minimum absolute atomic E-state index is 0.233. The number of nitrogens with one attached hydrogen (secondary N) is 1. The summed E-state index contributed by atoms with van der Waals surface area (Å²) in [6.07, 6.45) is -0.805. The minimum Gasteiger partial charge on any atom is -0.497 e. The Morgan fingerprint density at radius 1 is 0.750 bits per heavy atom. The number of hydrogen-bond donors (Lipinski definition) is 1. The van der Waals surface area contributed by atoms with E-state index in [0.717, 1.165) is 16.9 Å². The van der Waals surface area contributed by atoms with Crippen LogP contribution in [0.3, 0.4) is 0 Å². The van der Waals surface area contributed by atoms with Crippen LogP contribution in [0.25, 0.3) is 33.5 Å². The summed E-state index contributed by atoms with van der Waals surface area (Å²) < 4.78 is 21.6. The van der Waals surface area contributed by atoms with Gasteiger partial charge in [0.2, 0.25) is 0 Å². The van der Waals surface area contributed by atoms with E-state index >= 15 is 0 Å². The molecule has 4 aromatic carbocycles. The van der Waals surface area contributed by atoms with Gasteiger partial charge in [-0.15, -0.1) is 0 Å². The maximum atomic E-state index is 13.2. The maximum absolute atomic E-state index is 13.2. The van der Waals surface area contributed by atoms with Gasteiger partial charge < -0.3 is 24.3 Å². The van der Waals surface area contributed by atoms with Gasteiger partial charge in [0, 0.05) is 16.1 Å². The van der Waals surface area contributed by atoms with Crippen LogP contribution < -0.4 is 19.5 Å². The Bertz CT molecular complexity index is 1810. The van der Waals surface area contributed by atoms with Crippen molar-refractivity contribution in [2.24, 2.45) is 0 Å². The van der Waals surface area contributed by atoms with Gasteiger partial charge in [-0.1, -0.05) is 18.5 Å². The number of benzene rings is 4. The Hall–Kier alpha value is -5.15. The Morgan fingerprint density at radius 2 is 1.34 bits per heavy atom. The van der Waals surface area contributed by atoms with Gasteiger partial charge >= 0.3 is 5.97 Å². The van der Waals surface area contributed by atoms with E-state index in [2.05, 4.69) is 5.32 Å². The first-order valence-corrected chi connectivity index (χ1v) is 14.2. The van der Waals surface area contributed by atoms with Crippen molar-refractivity contribution in [2.75, 3.05) is 26.6 Å². The molecule has 5 rings (SSSR count). The molecule has 0 aliphatic rings. The molecule has 0 aliphatic carbocycles. The van der Waals surface area contributed by atoms with E-state index in [4.69, 9.17) is 40.5 Å². The molecule has 1 N–H and O–H groups in total. The molecule has 0 spiro atoms. The number of hydrogen-bond acceptors (Lipinski definition) is 8. The van der Waals surface area contributed by atoms with Crippen molar-refractivity contribution in [3.05, 3.63) is 95.5 Å². The number of ether oxygens (including phenoxy) is 4.